The van der Waals surface area contributed by atoms with Gasteiger partial charge in [0.15, 0.2) is 0 Å². The summed E-state index contributed by atoms with van der Waals surface area (Å²) >= 11 is 3.66. The van der Waals surface area contributed by atoms with Crippen LogP contribution < -0.4 is 0 Å². The topological polar surface area (TPSA) is 12.9 Å². The summed E-state index contributed by atoms with van der Waals surface area (Å²) in [6.45, 7) is 2.17. The van der Waals surface area contributed by atoms with Gasteiger partial charge >= 0.3 is 0 Å². The fourth-order valence-corrected chi connectivity index (χ4v) is 3.32. The monoisotopic (exact) mass is 235 g/mol. The number of hydrogen-bond acceptors (Lipinski definition) is 3. The quantitative estimate of drug-likeness (QED) is 0.744. The van der Waals surface area contributed by atoms with E-state index in [1.54, 1.807) is 11.8 Å². The standard InChI is InChI=1S/C12H13NS2/c1-3-15-11-8-13-10-7-5-4-6-9(10)12(11)14-2/h4-8H,3H2,1-2H3. The molecule has 0 aliphatic heterocycles. The molecule has 0 amide bonds. The third-order valence-corrected chi connectivity index (χ3v) is 4.08. The minimum atomic E-state index is 1.09. The molecule has 0 radical (unpaired) electrons. The lowest BCUT2D eigenvalue weighted by Gasteiger charge is -2.08. The maximum Gasteiger partial charge on any atom is 0.0714 e. The van der Waals surface area contributed by atoms with Crippen LogP contribution in [0.3, 0.4) is 0 Å². The second kappa shape index (κ2) is 4.90. The van der Waals surface area contributed by atoms with Crippen LogP contribution in [-0.4, -0.2) is 17.0 Å². The van der Waals surface area contributed by atoms with E-state index in [1.807, 2.05) is 24.0 Å². The first kappa shape index (κ1) is 10.8. The lowest BCUT2D eigenvalue weighted by Crippen LogP contribution is -1.86. The number of para-hydroxylation sites is 1. The van der Waals surface area contributed by atoms with Gasteiger partial charge in [-0.1, -0.05) is 25.1 Å². The summed E-state index contributed by atoms with van der Waals surface area (Å²) in [5.74, 6) is 1.09. The minimum absolute atomic E-state index is 1.09. The summed E-state index contributed by atoms with van der Waals surface area (Å²) < 4.78 is 0. The molecule has 3 heteroatoms. The van der Waals surface area contributed by atoms with Gasteiger partial charge in [0.25, 0.3) is 0 Å². The number of fused-ring (bicyclic) bond motifs is 1. The molecule has 1 aromatic heterocycles. The Labute approximate surface area is 98.7 Å². The fourth-order valence-electron chi connectivity index (χ4n) is 1.57. The van der Waals surface area contributed by atoms with Crippen molar-refractivity contribution in [1.82, 2.24) is 4.98 Å². The summed E-state index contributed by atoms with van der Waals surface area (Å²) in [6.07, 6.45) is 4.11. The Morgan fingerprint density at radius 1 is 1.27 bits per heavy atom. The molecule has 78 valence electrons. The van der Waals surface area contributed by atoms with Crippen molar-refractivity contribution in [3.8, 4) is 0 Å². The zero-order valence-electron chi connectivity index (χ0n) is 8.86. The number of thioether (sulfide) groups is 2. The highest BCUT2D eigenvalue weighted by atomic mass is 32.2. The van der Waals surface area contributed by atoms with Crippen LogP contribution in [0.25, 0.3) is 10.9 Å². The molecule has 0 aliphatic rings. The van der Waals surface area contributed by atoms with Gasteiger partial charge < -0.3 is 0 Å². The fraction of sp³-hybridized carbons (Fsp3) is 0.250. The van der Waals surface area contributed by atoms with Crippen molar-refractivity contribution in [3.63, 3.8) is 0 Å². The molecule has 0 unspecified atom stereocenters. The van der Waals surface area contributed by atoms with Crippen LogP contribution in [0.5, 0.6) is 0 Å². The maximum absolute atomic E-state index is 4.47. The molecular weight excluding hydrogens is 222 g/mol. The second-order valence-electron chi connectivity index (χ2n) is 3.11. The van der Waals surface area contributed by atoms with Crippen molar-refractivity contribution in [2.45, 2.75) is 16.7 Å². The van der Waals surface area contributed by atoms with Crippen LogP contribution in [0.1, 0.15) is 6.92 Å². The Bertz CT molecular complexity index is 468. The van der Waals surface area contributed by atoms with Crippen molar-refractivity contribution >= 4 is 34.4 Å². The lowest BCUT2D eigenvalue weighted by molar-refractivity contribution is 1.20. The van der Waals surface area contributed by atoms with Gasteiger partial charge in [-0.2, -0.15) is 0 Å². The van der Waals surface area contributed by atoms with E-state index in [4.69, 9.17) is 0 Å². The van der Waals surface area contributed by atoms with Gasteiger partial charge in [-0.25, -0.2) is 0 Å². The highest BCUT2D eigenvalue weighted by Crippen LogP contribution is 2.34. The largest absolute Gasteiger partial charge is 0.255 e. The highest BCUT2D eigenvalue weighted by molar-refractivity contribution is 8.02. The predicted octanol–water partition coefficient (Wildman–Crippen LogP) is 4.07. The van der Waals surface area contributed by atoms with E-state index < -0.39 is 0 Å². The van der Waals surface area contributed by atoms with Gasteiger partial charge in [0.1, 0.15) is 0 Å². The zero-order chi connectivity index (χ0) is 10.7. The number of benzene rings is 1. The van der Waals surface area contributed by atoms with Gasteiger partial charge in [0.05, 0.1) is 5.52 Å². The molecule has 0 bridgehead atoms. The van der Waals surface area contributed by atoms with E-state index in [2.05, 4.69) is 36.4 Å². The van der Waals surface area contributed by atoms with Crippen LogP contribution >= 0.6 is 23.5 Å². The number of rotatable bonds is 3. The van der Waals surface area contributed by atoms with Crippen LogP contribution in [-0.2, 0) is 0 Å². The number of hydrogen-bond donors (Lipinski definition) is 0. The molecule has 1 aromatic carbocycles. The summed E-state index contributed by atoms with van der Waals surface area (Å²) in [5.41, 5.74) is 1.09. The Kier molecular flexibility index (Phi) is 3.54. The Morgan fingerprint density at radius 2 is 2.07 bits per heavy atom. The van der Waals surface area contributed by atoms with Gasteiger partial charge in [-0.3, -0.25) is 4.98 Å². The zero-order valence-corrected chi connectivity index (χ0v) is 10.5. The van der Waals surface area contributed by atoms with Crippen molar-refractivity contribution in [2.75, 3.05) is 12.0 Å². The molecule has 0 N–H and O–H groups in total. The van der Waals surface area contributed by atoms with E-state index in [-0.39, 0.29) is 0 Å². The molecule has 0 saturated carbocycles. The Hall–Kier alpha value is -0.670. The smallest absolute Gasteiger partial charge is 0.0714 e. The highest BCUT2D eigenvalue weighted by Gasteiger charge is 2.06. The average molecular weight is 235 g/mol. The molecular formula is C12H13NS2. The van der Waals surface area contributed by atoms with E-state index in [9.17, 15) is 0 Å². The SMILES string of the molecule is CCSc1cnc2ccccc2c1SC. The van der Waals surface area contributed by atoms with Crippen molar-refractivity contribution in [2.24, 2.45) is 0 Å². The molecule has 0 aliphatic carbocycles. The summed E-state index contributed by atoms with van der Waals surface area (Å²) in [4.78, 5) is 7.12. The van der Waals surface area contributed by atoms with E-state index in [1.165, 1.54) is 15.2 Å². The van der Waals surface area contributed by atoms with Crippen LogP contribution in [0, 0.1) is 0 Å². The normalized spacial score (nSPS) is 10.8. The van der Waals surface area contributed by atoms with Gasteiger partial charge in [0.2, 0.25) is 0 Å². The Morgan fingerprint density at radius 3 is 2.80 bits per heavy atom. The van der Waals surface area contributed by atoms with Gasteiger partial charge in [-0.05, 0) is 18.1 Å². The van der Waals surface area contributed by atoms with Gasteiger partial charge in [-0.15, -0.1) is 23.5 Å². The number of pyridine rings is 1. The van der Waals surface area contributed by atoms with E-state index >= 15 is 0 Å². The number of nitrogens with zero attached hydrogens (tertiary/aromatic N) is 1. The predicted molar refractivity (Wildman–Crippen MR) is 69.9 cm³/mol. The second-order valence-corrected chi connectivity index (χ2v) is 5.23. The van der Waals surface area contributed by atoms with E-state index in [0.717, 1.165) is 11.3 Å². The molecule has 0 fully saturated rings. The molecule has 15 heavy (non-hydrogen) atoms. The summed E-state index contributed by atoms with van der Waals surface area (Å²) in [6, 6.07) is 8.32. The first-order valence-corrected chi connectivity index (χ1v) is 7.12. The van der Waals surface area contributed by atoms with Crippen LogP contribution in [0.4, 0.5) is 0 Å². The molecule has 2 rings (SSSR count). The van der Waals surface area contributed by atoms with Crippen LogP contribution in [0.2, 0.25) is 0 Å². The molecule has 0 saturated heterocycles. The molecule has 1 heterocycles. The van der Waals surface area contributed by atoms with E-state index in [0.29, 0.717) is 0 Å². The van der Waals surface area contributed by atoms with Crippen molar-refractivity contribution < 1.29 is 0 Å². The minimum Gasteiger partial charge on any atom is -0.255 e. The molecule has 0 spiro atoms. The first-order chi connectivity index (χ1) is 7.36. The molecule has 0 atom stereocenters. The van der Waals surface area contributed by atoms with Gasteiger partial charge in [0, 0.05) is 21.4 Å². The first-order valence-electron chi connectivity index (χ1n) is 4.91. The van der Waals surface area contributed by atoms with Crippen molar-refractivity contribution in [3.05, 3.63) is 30.5 Å². The summed E-state index contributed by atoms with van der Waals surface area (Å²) in [5, 5.41) is 1.27. The van der Waals surface area contributed by atoms with Crippen molar-refractivity contribution in [1.29, 1.82) is 0 Å². The van der Waals surface area contributed by atoms with Crippen LogP contribution in [0.15, 0.2) is 40.3 Å². The lowest BCUT2D eigenvalue weighted by atomic mass is 10.2. The molecule has 1 nitrogen and oxygen atoms in total. The number of aromatic nitrogens is 1. The Balaban J connectivity index is 2.64. The third kappa shape index (κ3) is 2.13. The average Bonchev–Trinajstić information content (AvgIpc) is 2.29. The maximum atomic E-state index is 4.47. The summed E-state index contributed by atoms with van der Waals surface area (Å²) in [7, 11) is 0. The molecule has 2 aromatic rings. The third-order valence-electron chi connectivity index (χ3n) is 2.20.